The average Bonchev–Trinajstić information content (AvgIpc) is 3.23. The fraction of sp³-hybridized carbons (Fsp3) is 0.0833. The van der Waals surface area contributed by atoms with Crippen molar-refractivity contribution in [1.29, 1.82) is 0 Å². The highest BCUT2D eigenvalue weighted by Crippen LogP contribution is 2.33. The number of rotatable bonds is 4. The molecule has 5 rings (SSSR count). The number of thiazole rings is 1. The van der Waals surface area contributed by atoms with Crippen molar-refractivity contribution in [1.82, 2.24) is 9.38 Å². The minimum Gasteiger partial charge on any atom is -0.487 e. The number of para-hydroxylation sites is 2. The van der Waals surface area contributed by atoms with Crippen molar-refractivity contribution in [2.24, 2.45) is 0 Å². The first-order valence-corrected chi connectivity index (χ1v) is 11.2. The molecule has 0 atom stereocenters. The van der Waals surface area contributed by atoms with Gasteiger partial charge in [-0.1, -0.05) is 76.5 Å². The Morgan fingerprint density at radius 1 is 1.10 bits per heavy atom. The van der Waals surface area contributed by atoms with E-state index in [1.807, 2.05) is 49.4 Å². The molecular weight excluding hydrogens is 451 g/mol. The van der Waals surface area contributed by atoms with E-state index in [4.69, 9.17) is 27.9 Å². The number of ether oxygens (including phenoxy) is 1. The first-order valence-electron chi connectivity index (χ1n) is 9.59. The van der Waals surface area contributed by atoms with E-state index in [0.717, 1.165) is 22.2 Å². The summed E-state index contributed by atoms with van der Waals surface area (Å²) in [6.45, 7) is 2.39. The molecule has 154 valence electrons. The van der Waals surface area contributed by atoms with Crippen LogP contribution in [0.4, 0.5) is 0 Å². The lowest BCUT2D eigenvalue weighted by molar-refractivity contribution is 0.305. The molecule has 0 unspecified atom stereocenters. The Bertz CT molecular complexity index is 1560. The molecule has 0 aliphatic heterocycles. The molecule has 0 saturated carbocycles. The second-order valence-electron chi connectivity index (χ2n) is 7.22. The van der Waals surface area contributed by atoms with Gasteiger partial charge >= 0.3 is 0 Å². The van der Waals surface area contributed by atoms with Gasteiger partial charge in [-0.25, -0.2) is 9.38 Å². The van der Waals surface area contributed by atoms with Crippen LogP contribution in [0.3, 0.4) is 0 Å². The van der Waals surface area contributed by atoms with Gasteiger partial charge in [0.05, 0.1) is 20.6 Å². The van der Waals surface area contributed by atoms with Crippen LogP contribution >= 0.6 is 34.5 Å². The fourth-order valence-corrected chi connectivity index (χ4v) is 5.09. The standard InChI is InChI=1S/C24H16Cl2N2O2S/c1-14-5-4-6-15(9-14)13-30-22-16(10-17(25)12-18(22)26)11-21-23(29)28-20-8-3-2-7-19(20)27-24(28)31-21/h2-12H,13H2,1H3/b21-11+. The number of benzene rings is 3. The van der Waals surface area contributed by atoms with E-state index in [1.54, 1.807) is 22.6 Å². The first kappa shape index (κ1) is 20.1. The molecule has 0 amide bonds. The highest BCUT2D eigenvalue weighted by molar-refractivity contribution is 7.15. The third-order valence-electron chi connectivity index (χ3n) is 4.93. The van der Waals surface area contributed by atoms with Crippen molar-refractivity contribution in [3.63, 3.8) is 0 Å². The van der Waals surface area contributed by atoms with Crippen molar-refractivity contribution >= 4 is 56.6 Å². The third kappa shape index (κ3) is 3.81. The normalized spacial score (nSPS) is 12.2. The van der Waals surface area contributed by atoms with Crippen LogP contribution in [0.15, 0.2) is 65.5 Å². The number of halogens is 2. The van der Waals surface area contributed by atoms with Gasteiger partial charge in [0.2, 0.25) is 0 Å². The van der Waals surface area contributed by atoms with Gasteiger partial charge in [-0.15, -0.1) is 0 Å². The molecule has 5 aromatic rings. The average molecular weight is 467 g/mol. The highest BCUT2D eigenvalue weighted by atomic mass is 35.5. The second-order valence-corrected chi connectivity index (χ2v) is 9.07. The summed E-state index contributed by atoms with van der Waals surface area (Å²) in [4.78, 5) is 18.3. The van der Waals surface area contributed by atoms with Crippen LogP contribution in [0.1, 0.15) is 16.7 Å². The van der Waals surface area contributed by atoms with Gasteiger partial charge in [0, 0.05) is 10.6 Å². The summed E-state index contributed by atoms with van der Waals surface area (Å²) in [5.74, 6) is 0.489. The summed E-state index contributed by atoms with van der Waals surface area (Å²) < 4.78 is 8.22. The van der Waals surface area contributed by atoms with Gasteiger partial charge < -0.3 is 4.74 Å². The molecule has 0 bridgehead atoms. The Kier molecular flexibility index (Phi) is 5.18. The van der Waals surface area contributed by atoms with E-state index in [1.165, 1.54) is 11.3 Å². The maximum atomic E-state index is 13.1. The smallest absolute Gasteiger partial charge is 0.274 e. The summed E-state index contributed by atoms with van der Waals surface area (Å²) in [6, 6.07) is 19.0. The predicted octanol–water partition coefficient (Wildman–Crippen LogP) is 5.65. The summed E-state index contributed by atoms with van der Waals surface area (Å²) in [6.07, 6.45) is 1.76. The lowest BCUT2D eigenvalue weighted by Gasteiger charge is -2.12. The van der Waals surface area contributed by atoms with E-state index in [2.05, 4.69) is 11.1 Å². The fourth-order valence-electron chi connectivity index (χ4n) is 3.55. The minimum absolute atomic E-state index is 0.130. The van der Waals surface area contributed by atoms with Crippen molar-refractivity contribution in [2.75, 3.05) is 0 Å². The molecule has 0 aliphatic rings. The Hall–Kier alpha value is -2.86. The van der Waals surface area contributed by atoms with Crippen molar-refractivity contribution < 1.29 is 4.74 Å². The zero-order valence-electron chi connectivity index (χ0n) is 16.4. The van der Waals surface area contributed by atoms with Crippen LogP contribution in [0.25, 0.3) is 22.1 Å². The van der Waals surface area contributed by atoms with Crippen LogP contribution in [-0.4, -0.2) is 9.38 Å². The van der Waals surface area contributed by atoms with E-state index in [-0.39, 0.29) is 5.56 Å². The van der Waals surface area contributed by atoms with Crippen LogP contribution in [-0.2, 0) is 6.61 Å². The largest absolute Gasteiger partial charge is 0.487 e. The molecule has 31 heavy (non-hydrogen) atoms. The number of aryl methyl sites for hydroxylation is 1. The van der Waals surface area contributed by atoms with Crippen molar-refractivity contribution in [2.45, 2.75) is 13.5 Å². The van der Waals surface area contributed by atoms with E-state index >= 15 is 0 Å². The van der Waals surface area contributed by atoms with Gasteiger partial charge in [0.25, 0.3) is 5.56 Å². The molecule has 4 nitrogen and oxygen atoms in total. The summed E-state index contributed by atoms with van der Waals surface area (Å²) in [7, 11) is 0. The van der Waals surface area contributed by atoms with Gasteiger partial charge in [-0.05, 0) is 42.8 Å². The van der Waals surface area contributed by atoms with Gasteiger partial charge in [0.1, 0.15) is 12.4 Å². The van der Waals surface area contributed by atoms with Crippen molar-refractivity contribution in [3.05, 3.63) is 102 Å². The van der Waals surface area contributed by atoms with E-state index in [0.29, 0.717) is 37.5 Å². The Labute approximate surface area is 191 Å². The zero-order valence-corrected chi connectivity index (χ0v) is 18.8. The zero-order chi connectivity index (χ0) is 21.5. The Balaban J connectivity index is 1.61. The maximum absolute atomic E-state index is 13.1. The summed E-state index contributed by atoms with van der Waals surface area (Å²) >= 11 is 14.0. The maximum Gasteiger partial charge on any atom is 0.274 e. The summed E-state index contributed by atoms with van der Waals surface area (Å²) in [5.41, 5.74) is 4.29. The molecule has 0 saturated heterocycles. The number of fused-ring (bicyclic) bond motifs is 3. The van der Waals surface area contributed by atoms with Crippen LogP contribution in [0.2, 0.25) is 10.0 Å². The molecule has 0 radical (unpaired) electrons. The Morgan fingerprint density at radius 3 is 2.77 bits per heavy atom. The van der Waals surface area contributed by atoms with Crippen LogP contribution < -0.4 is 14.8 Å². The first-order chi connectivity index (χ1) is 15.0. The molecule has 0 spiro atoms. The van der Waals surface area contributed by atoms with Gasteiger partial charge in [-0.3, -0.25) is 4.79 Å². The third-order valence-corrected chi connectivity index (χ3v) is 6.40. The number of hydrogen-bond acceptors (Lipinski definition) is 4. The van der Waals surface area contributed by atoms with Crippen LogP contribution in [0.5, 0.6) is 5.75 Å². The molecule has 2 heterocycles. The lowest BCUT2D eigenvalue weighted by atomic mass is 10.1. The quantitative estimate of drug-likeness (QED) is 0.343. The SMILES string of the molecule is Cc1cccc(COc2c(Cl)cc(Cl)cc2/C=c2/sc3nc4ccccc4n3c2=O)c1. The number of nitrogens with zero attached hydrogens (tertiary/aromatic N) is 2. The molecular formula is C24H16Cl2N2O2S. The van der Waals surface area contributed by atoms with Crippen LogP contribution in [0, 0.1) is 6.92 Å². The molecule has 3 aromatic carbocycles. The highest BCUT2D eigenvalue weighted by Gasteiger charge is 2.14. The predicted molar refractivity (Wildman–Crippen MR) is 128 cm³/mol. The lowest BCUT2D eigenvalue weighted by Crippen LogP contribution is -2.22. The molecule has 0 N–H and O–H groups in total. The number of aromatic nitrogens is 2. The second kappa shape index (κ2) is 8.00. The molecule has 0 aliphatic carbocycles. The minimum atomic E-state index is -0.130. The monoisotopic (exact) mass is 466 g/mol. The molecule has 2 aromatic heterocycles. The molecule has 0 fully saturated rings. The van der Waals surface area contributed by atoms with E-state index < -0.39 is 0 Å². The molecule has 7 heteroatoms. The van der Waals surface area contributed by atoms with E-state index in [9.17, 15) is 4.79 Å². The number of imidazole rings is 1. The topological polar surface area (TPSA) is 43.6 Å². The number of hydrogen-bond donors (Lipinski definition) is 0. The summed E-state index contributed by atoms with van der Waals surface area (Å²) in [5, 5.41) is 0.865. The van der Waals surface area contributed by atoms with Gasteiger partial charge in [-0.2, -0.15) is 0 Å². The van der Waals surface area contributed by atoms with Crippen molar-refractivity contribution in [3.8, 4) is 5.75 Å². The Morgan fingerprint density at radius 2 is 1.94 bits per heavy atom. The van der Waals surface area contributed by atoms with Gasteiger partial charge in [0.15, 0.2) is 4.96 Å².